The summed E-state index contributed by atoms with van der Waals surface area (Å²) in [5.41, 5.74) is 1.57. The lowest BCUT2D eigenvalue weighted by Crippen LogP contribution is -1.93. The van der Waals surface area contributed by atoms with Crippen molar-refractivity contribution in [1.82, 2.24) is 9.97 Å². The summed E-state index contributed by atoms with van der Waals surface area (Å²) in [4.78, 5) is 21.8. The average Bonchev–Trinajstić information content (AvgIpc) is 2.91. The predicted octanol–water partition coefficient (Wildman–Crippen LogP) is 2.24. The number of phenolic OH excluding ortho intramolecular Hbond substituents is 1. The van der Waals surface area contributed by atoms with E-state index in [9.17, 15) is 9.90 Å². The molecule has 0 unspecified atom stereocenters. The number of hydrogen-bond acceptors (Lipinski definition) is 4. The third-order valence-corrected chi connectivity index (χ3v) is 2.77. The van der Waals surface area contributed by atoms with Gasteiger partial charge in [-0.15, -0.1) is 0 Å². The molecule has 0 fully saturated rings. The Balaban J connectivity index is 2.06. The van der Waals surface area contributed by atoms with Crippen molar-refractivity contribution in [2.24, 2.45) is 4.99 Å². The number of nitrogens with one attached hydrogen (secondary N) is 1. The molecule has 0 saturated carbocycles. The molecule has 0 spiro atoms. The van der Waals surface area contributed by atoms with Crippen molar-refractivity contribution in [1.29, 1.82) is 0 Å². The molecule has 6 heteroatoms. The van der Waals surface area contributed by atoms with Crippen LogP contribution in [0.4, 0.5) is 0 Å². The normalized spacial score (nSPS) is 11.0. The Morgan fingerprint density at radius 3 is 2.89 bits per heavy atom. The van der Waals surface area contributed by atoms with Gasteiger partial charge >= 0.3 is 0 Å². The number of rotatable bonds is 5. The zero-order valence-corrected chi connectivity index (χ0v) is 10.8. The van der Waals surface area contributed by atoms with Gasteiger partial charge in [-0.05, 0) is 12.1 Å². The zero-order chi connectivity index (χ0) is 13.7. The topological polar surface area (TPSA) is 78.3 Å². The Hall–Kier alpha value is -2.14. The molecule has 0 amide bonds. The van der Waals surface area contributed by atoms with E-state index in [0.29, 0.717) is 23.4 Å². The molecule has 5 nitrogen and oxygen atoms in total. The van der Waals surface area contributed by atoms with Crippen LogP contribution in [0.5, 0.6) is 5.75 Å². The highest BCUT2D eigenvalue weighted by Gasteiger charge is 2.06. The van der Waals surface area contributed by atoms with Crippen molar-refractivity contribution >= 4 is 24.1 Å². The number of aldehydes is 1. The molecule has 0 bridgehead atoms. The van der Waals surface area contributed by atoms with E-state index in [1.807, 2.05) is 0 Å². The minimum absolute atomic E-state index is 0.107. The van der Waals surface area contributed by atoms with Crippen molar-refractivity contribution in [3.8, 4) is 5.75 Å². The van der Waals surface area contributed by atoms with E-state index in [0.717, 1.165) is 12.1 Å². The van der Waals surface area contributed by atoms with Crippen LogP contribution in [0.1, 0.15) is 21.6 Å². The van der Waals surface area contributed by atoms with Gasteiger partial charge in [0.1, 0.15) is 5.75 Å². The fourth-order valence-corrected chi connectivity index (χ4v) is 1.83. The first kappa shape index (κ1) is 13.3. The van der Waals surface area contributed by atoms with E-state index in [1.165, 1.54) is 12.3 Å². The van der Waals surface area contributed by atoms with Crippen molar-refractivity contribution in [3.05, 3.63) is 46.5 Å². The average molecular weight is 278 g/mol. The Kier molecular flexibility index (Phi) is 4.30. The summed E-state index contributed by atoms with van der Waals surface area (Å²) in [5, 5.41) is 10.2. The molecule has 19 heavy (non-hydrogen) atoms. The molecule has 0 aliphatic carbocycles. The third-order valence-electron chi connectivity index (χ3n) is 2.56. The van der Waals surface area contributed by atoms with Gasteiger partial charge in [-0.1, -0.05) is 11.6 Å². The molecule has 1 aromatic carbocycles. The van der Waals surface area contributed by atoms with Crippen molar-refractivity contribution in [3.63, 3.8) is 0 Å². The number of aliphatic imine (C=N–C) groups is 1. The van der Waals surface area contributed by atoms with Crippen LogP contribution in [-0.2, 0) is 6.42 Å². The van der Waals surface area contributed by atoms with Crippen LogP contribution in [0.15, 0.2) is 29.6 Å². The van der Waals surface area contributed by atoms with Crippen LogP contribution in [0.3, 0.4) is 0 Å². The lowest BCUT2D eigenvalue weighted by Gasteiger charge is -2.02. The maximum Gasteiger partial charge on any atom is 0.153 e. The summed E-state index contributed by atoms with van der Waals surface area (Å²) in [6.45, 7) is 0.546. The van der Waals surface area contributed by atoms with E-state index in [-0.39, 0.29) is 11.3 Å². The zero-order valence-electron chi connectivity index (χ0n) is 10.0. The van der Waals surface area contributed by atoms with Crippen LogP contribution >= 0.6 is 11.6 Å². The molecule has 0 atom stereocenters. The molecule has 0 aliphatic heterocycles. The van der Waals surface area contributed by atoms with Gasteiger partial charge < -0.3 is 10.1 Å². The van der Waals surface area contributed by atoms with Crippen molar-refractivity contribution in [2.45, 2.75) is 6.42 Å². The molecule has 1 aromatic heterocycles. The van der Waals surface area contributed by atoms with E-state index in [4.69, 9.17) is 11.6 Å². The number of halogens is 1. The number of hydrogen-bond donors (Lipinski definition) is 2. The number of aromatic amines is 1. The van der Waals surface area contributed by atoms with Gasteiger partial charge in [0.2, 0.25) is 0 Å². The number of benzene rings is 1. The van der Waals surface area contributed by atoms with Gasteiger partial charge in [0.25, 0.3) is 0 Å². The Bertz CT molecular complexity index is 594. The second kappa shape index (κ2) is 6.15. The first-order valence-corrected chi connectivity index (χ1v) is 6.03. The minimum atomic E-state index is -0.107. The SMILES string of the molecule is O=Cc1cc(Cl)cc(C=NCCc2cnc[nH]2)c1O. The lowest BCUT2D eigenvalue weighted by molar-refractivity contribution is 0.112. The van der Waals surface area contributed by atoms with E-state index in [2.05, 4.69) is 15.0 Å². The van der Waals surface area contributed by atoms with Crippen LogP contribution < -0.4 is 0 Å². The number of imidazole rings is 1. The maximum atomic E-state index is 10.7. The third kappa shape index (κ3) is 3.42. The molecule has 0 radical (unpaired) electrons. The van der Waals surface area contributed by atoms with Crippen LogP contribution in [0, 0.1) is 0 Å². The van der Waals surface area contributed by atoms with Gasteiger partial charge in [-0.3, -0.25) is 9.79 Å². The largest absolute Gasteiger partial charge is 0.507 e. The highest BCUT2D eigenvalue weighted by Crippen LogP contribution is 2.24. The number of carbonyl (C=O) groups excluding carboxylic acids is 1. The molecule has 1 heterocycles. The first-order chi connectivity index (χ1) is 9.20. The molecular formula is C13H12ClN3O2. The Labute approximate surface area is 115 Å². The predicted molar refractivity (Wildman–Crippen MR) is 73.3 cm³/mol. The number of nitrogens with zero attached hydrogens (tertiary/aromatic N) is 2. The standard InChI is InChI=1S/C13H12ClN3O2/c14-11-3-9(13(19)10(4-11)7-18)5-15-2-1-12-6-16-8-17-12/h3-8,19H,1-2H2,(H,16,17). The molecule has 0 saturated heterocycles. The fourth-order valence-electron chi connectivity index (χ4n) is 1.60. The molecule has 2 aromatic rings. The molecule has 98 valence electrons. The summed E-state index contributed by atoms with van der Waals surface area (Å²) in [7, 11) is 0. The molecule has 0 aliphatic rings. The number of phenols is 1. The maximum absolute atomic E-state index is 10.7. The smallest absolute Gasteiger partial charge is 0.153 e. The minimum Gasteiger partial charge on any atom is -0.507 e. The fraction of sp³-hybridized carbons (Fsp3) is 0.154. The Morgan fingerprint density at radius 2 is 2.21 bits per heavy atom. The van der Waals surface area contributed by atoms with E-state index in [1.54, 1.807) is 18.6 Å². The van der Waals surface area contributed by atoms with Gasteiger partial charge in [-0.25, -0.2) is 4.98 Å². The quantitative estimate of drug-likeness (QED) is 0.650. The van der Waals surface area contributed by atoms with Gasteiger partial charge in [0.15, 0.2) is 6.29 Å². The number of aromatic hydroxyl groups is 1. The summed E-state index contributed by atoms with van der Waals surface area (Å²) >= 11 is 5.85. The molecule has 2 N–H and O–H groups in total. The van der Waals surface area contributed by atoms with Gasteiger partial charge in [0.05, 0.1) is 11.9 Å². The second-order valence-corrected chi connectivity index (χ2v) is 4.35. The van der Waals surface area contributed by atoms with Crippen LogP contribution in [0.2, 0.25) is 5.02 Å². The van der Waals surface area contributed by atoms with E-state index >= 15 is 0 Å². The summed E-state index contributed by atoms with van der Waals surface area (Å²) in [5.74, 6) is -0.107. The van der Waals surface area contributed by atoms with Crippen LogP contribution in [0.25, 0.3) is 0 Å². The lowest BCUT2D eigenvalue weighted by atomic mass is 10.1. The molecular weight excluding hydrogens is 266 g/mol. The highest BCUT2D eigenvalue weighted by molar-refractivity contribution is 6.31. The van der Waals surface area contributed by atoms with Crippen molar-refractivity contribution < 1.29 is 9.90 Å². The summed E-state index contributed by atoms with van der Waals surface area (Å²) in [6.07, 6.45) is 6.13. The van der Waals surface area contributed by atoms with E-state index < -0.39 is 0 Å². The summed E-state index contributed by atoms with van der Waals surface area (Å²) < 4.78 is 0. The van der Waals surface area contributed by atoms with Gasteiger partial charge in [-0.2, -0.15) is 0 Å². The number of H-pyrrole nitrogens is 1. The molecule has 2 rings (SSSR count). The summed E-state index contributed by atoms with van der Waals surface area (Å²) in [6, 6.07) is 2.97. The van der Waals surface area contributed by atoms with Gasteiger partial charge in [0, 0.05) is 41.7 Å². The number of carbonyl (C=O) groups is 1. The highest BCUT2D eigenvalue weighted by atomic mass is 35.5. The number of aromatic nitrogens is 2. The van der Waals surface area contributed by atoms with Crippen molar-refractivity contribution in [2.75, 3.05) is 6.54 Å². The second-order valence-electron chi connectivity index (χ2n) is 3.91. The van der Waals surface area contributed by atoms with Crippen LogP contribution in [-0.4, -0.2) is 34.1 Å². The monoisotopic (exact) mass is 277 g/mol. The Morgan fingerprint density at radius 1 is 1.42 bits per heavy atom. The first-order valence-electron chi connectivity index (χ1n) is 5.65.